The Balaban J connectivity index is 1.96. The highest BCUT2D eigenvalue weighted by molar-refractivity contribution is 5.40. The van der Waals surface area contributed by atoms with Gasteiger partial charge in [-0.2, -0.15) is 4.98 Å². The zero-order chi connectivity index (χ0) is 12.3. The molecule has 2 rings (SSSR count). The largest absolute Gasteiger partial charge is 0.386 e. The van der Waals surface area contributed by atoms with Crippen LogP contribution in [0.3, 0.4) is 0 Å². The van der Waals surface area contributed by atoms with E-state index in [0.29, 0.717) is 37.9 Å². The lowest BCUT2D eigenvalue weighted by atomic mass is 10.0. The van der Waals surface area contributed by atoms with Crippen molar-refractivity contribution in [1.82, 2.24) is 9.97 Å². The van der Waals surface area contributed by atoms with E-state index < -0.39 is 5.60 Å². The van der Waals surface area contributed by atoms with Crippen LogP contribution in [0.5, 0.6) is 0 Å². The highest BCUT2D eigenvalue weighted by Crippen LogP contribution is 2.19. The first-order valence-electron chi connectivity index (χ1n) is 5.63. The number of hydrogen-bond acceptors (Lipinski definition) is 6. The Kier molecular flexibility index (Phi) is 3.44. The Morgan fingerprint density at radius 3 is 3.06 bits per heavy atom. The van der Waals surface area contributed by atoms with Gasteiger partial charge < -0.3 is 20.1 Å². The summed E-state index contributed by atoms with van der Waals surface area (Å²) in [6, 6.07) is 1.78. The van der Waals surface area contributed by atoms with Gasteiger partial charge in [0.05, 0.1) is 6.61 Å². The molecule has 0 bridgehead atoms. The summed E-state index contributed by atoms with van der Waals surface area (Å²) in [5, 5.41) is 13.2. The van der Waals surface area contributed by atoms with E-state index >= 15 is 0 Å². The molecule has 2 heterocycles. The Labute approximate surface area is 101 Å². The zero-order valence-electron chi connectivity index (χ0n) is 10.2. The fourth-order valence-corrected chi connectivity index (χ4v) is 1.65. The molecule has 2 N–H and O–H groups in total. The first kappa shape index (κ1) is 12.1. The summed E-state index contributed by atoms with van der Waals surface area (Å²) in [7, 11) is 3.77. The molecule has 1 aromatic rings. The van der Waals surface area contributed by atoms with Crippen LogP contribution < -0.4 is 10.2 Å². The summed E-state index contributed by atoms with van der Waals surface area (Å²) in [5.41, 5.74) is -0.775. The predicted octanol–water partition coefficient (Wildman–Crippen LogP) is 0.106. The smallest absolute Gasteiger partial charge is 0.226 e. The molecule has 0 aromatic carbocycles. The monoisotopic (exact) mass is 238 g/mol. The highest BCUT2D eigenvalue weighted by Gasteiger charge is 2.31. The van der Waals surface area contributed by atoms with E-state index in [1.165, 1.54) is 0 Å². The quantitative estimate of drug-likeness (QED) is 0.775. The molecule has 1 aliphatic rings. The maximum Gasteiger partial charge on any atom is 0.226 e. The van der Waals surface area contributed by atoms with Gasteiger partial charge in [0.25, 0.3) is 0 Å². The molecule has 1 aliphatic heterocycles. The molecule has 6 nitrogen and oxygen atoms in total. The van der Waals surface area contributed by atoms with Crippen LogP contribution in [-0.4, -0.2) is 54.5 Å². The van der Waals surface area contributed by atoms with Crippen molar-refractivity contribution < 1.29 is 9.84 Å². The van der Waals surface area contributed by atoms with Crippen LogP contribution in [0.2, 0.25) is 0 Å². The second kappa shape index (κ2) is 4.85. The molecule has 0 aliphatic carbocycles. The van der Waals surface area contributed by atoms with Gasteiger partial charge in [0, 0.05) is 39.9 Å². The normalized spacial score (nSPS) is 23.7. The van der Waals surface area contributed by atoms with E-state index in [0.717, 1.165) is 0 Å². The van der Waals surface area contributed by atoms with Crippen LogP contribution in [0.4, 0.5) is 11.8 Å². The lowest BCUT2D eigenvalue weighted by Crippen LogP contribution is -2.37. The first-order valence-corrected chi connectivity index (χ1v) is 5.63. The average Bonchev–Trinajstić information content (AvgIpc) is 2.75. The predicted molar refractivity (Wildman–Crippen MR) is 65.2 cm³/mol. The lowest BCUT2D eigenvalue weighted by molar-refractivity contribution is 0.0381. The minimum atomic E-state index is -0.775. The van der Waals surface area contributed by atoms with Crippen molar-refractivity contribution in [3.63, 3.8) is 0 Å². The molecule has 94 valence electrons. The zero-order valence-corrected chi connectivity index (χ0v) is 10.2. The van der Waals surface area contributed by atoms with Gasteiger partial charge in [0.15, 0.2) is 0 Å². The number of nitrogens with zero attached hydrogens (tertiary/aromatic N) is 3. The fourth-order valence-electron chi connectivity index (χ4n) is 1.65. The van der Waals surface area contributed by atoms with Gasteiger partial charge >= 0.3 is 0 Å². The summed E-state index contributed by atoms with van der Waals surface area (Å²) >= 11 is 0. The molecule has 0 saturated carbocycles. The summed E-state index contributed by atoms with van der Waals surface area (Å²) in [6.07, 6.45) is 2.35. The van der Waals surface area contributed by atoms with Crippen molar-refractivity contribution in [3.05, 3.63) is 12.3 Å². The number of aromatic nitrogens is 2. The highest BCUT2D eigenvalue weighted by atomic mass is 16.5. The molecule has 1 saturated heterocycles. The maximum absolute atomic E-state index is 10.1. The Morgan fingerprint density at radius 1 is 1.59 bits per heavy atom. The van der Waals surface area contributed by atoms with Crippen molar-refractivity contribution in [2.24, 2.45) is 0 Å². The van der Waals surface area contributed by atoms with Crippen LogP contribution in [0.1, 0.15) is 6.42 Å². The minimum Gasteiger partial charge on any atom is -0.386 e. The number of nitrogens with one attached hydrogen (secondary N) is 1. The second-order valence-corrected chi connectivity index (χ2v) is 4.52. The van der Waals surface area contributed by atoms with Gasteiger partial charge in [-0.1, -0.05) is 0 Å². The van der Waals surface area contributed by atoms with E-state index in [2.05, 4.69) is 15.3 Å². The van der Waals surface area contributed by atoms with Crippen LogP contribution in [0, 0.1) is 0 Å². The second-order valence-electron chi connectivity index (χ2n) is 4.52. The van der Waals surface area contributed by atoms with E-state index in [1.807, 2.05) is 19.0 Å². The SMILES string of the molecule is CN(C)c1nccc(NCC2(O)CCOC2)n1. The molecule has 1 atom stereocenters. The summed E-state index contributed by atoms with van der Waals surface area (Å²) < 4.78 is 5.18. The van der Waals surface area contributed by atoms with E-state index in [-0.39, 0.29) is 0 Å². The lowest BCUT2D eigenvalue weighted by Gasteiger charge is -2.21. The van der Waals surface area contributed by atoms with Gasteiger partial charge in [0.2, 0.25) is 5.95 Å². The van der Waals surface area contributed by atoms with Crippen LogP contribution >= 0.6 is 0 Å². The van der Waals surface area contributed by atoms with Gasteiger partial charge in [-0.25, -0.2) is 4.98 Å². The number of aliphatic hydroxyl groups is 1. The standard InChI is InChI=1S/C11H18N4O2/c1-15(2)10-12-5-3-9(14-10)13-7-11(16)4-6-17-8-11/h3,5,16H,4,6-8H2,1-2H3,(H,12,13,14). The third kappa shape index (κ3) is 3.04. The topological polar surface area (TPSA) is 70.5 Å². The third-order valence-electron chi connectivity index (χ3n) is 2.72. The van der Waals surface area contributed by atoms with Crippen molar-refractivity contribution >= 4 is 11.8 Å². The van der Waals surface area contributed by atoms with Crippen LogP contribution in [-0.2, 0) is 4.74 Å². The molecule has 1 aromatic heterocycles. The average molecular weight is 238 g/mol. The van der Waals surface area contributed by atoms with E-state index in [9.17, 15) is 5.11 Å². The van der Waals surface area contributed by atoms with Gasteiger partial charge in [-0.15, -0.1) is 0 Å². The molecule has 0 spiro atoms. The summed E-state index contributed by atoms with van der Waals surface area (Å²) in [4.78, 5) is 10.3. The van der Waals surface area contributed by atoms with Crippen LogP contribution in [0.25, 0.3) is 0 Å². The number of hydrogen-bond donors (Lipinski definition) is 2. The summed E-state index contributed by atoms with van der Waals surface area (Å²) in [5.74, 6) is 1.36. The van der Waals surface area contributed by atoms with Crippen molar-refractivity contribution in [2.75, 3.05) is 44.1 Å². The molecule has 0 amide bonds. The maximum atomic E-state index is 10.1. The number of rotatable bonds is 4. The Hall–Kier alpha value is -1.40. The van der Waals surface area contributed by atoms with Crippen molar-refractivity contribution in [3.8, 4) is 0 Å². The molecular weight excluding hydrogens is 220 g/mol. The Morgan fingerprint density at radius 2 is 2.41 bits per heavy atom. The summed E-state index contributed by atoms with van der Waals surface area (Å²) in [6.45, 7) is 1.44. The van der Waals surface area contributed by atoms with E-state index in [1.54, 1.807) is 12.3 Å². The van der Waals surface area contributed by atoms with Crippen molar-refractivity contribution in [2.45, 2.75) is 12.0 Å². The molecule has 6 heteroatoms. The third-order valence-corrected chi connectivity index (χ3v) is 2.72. The van der Waals surface area contributed by atoms with Crippen molar-refractivity contribution in [1.29, 1.82) is 0 Å². The first-order chi connectivity index (χ1) is 8.09. The molecule has 1 unspecified atom stereocenters. The number of anilines is 2. The number of ether oxygens (including phenoxy) is 1. The van der Waals surface area contributed by atoms with Gasteiger partial charge in [-0.05, 0) is 6.07 Å². The fraction of sp³-hybridized carbons (Fsp3) is 0.636. The van der Waals surface area contributed by atoms with Gasteiger partial charge in [-0.3, -0.25) is 0 Å². The van der Waals surface area contributed by atoms with Crippen LogP contribution in [0.15, 0.2) is 12.3 Å². The Bertz CT molecular complexity index is 377. The molecule has 0 radical (unpaired) electrons. The molecule has 17 heavy (non-hydrogen) atoms. The molecular formula is C11H18N4O2. The molecule has 1 fully saturated rings. The van der Waals surface area contributed by atoms with E-state index in [4.69, 9.17) is 4.74 Å². The van der Waals surface area contributed by atoms with Gasteiger partial charge in [0.1, 0.15) is 11.4 Å². The minimum absolute atomic E-state index is 0.381.